The molecule has 0 aliphatic carbocycles. The Bertz CT molecular complexity index is 697. The number of hydrogen-bond acceptors (Lipinski definition) is 7. The molecule has 134 valence electrons. The summed E-state index contributed by atoms with van der Waals surface area (Å²) in [5.41, 5.74) is 11.7. The number of carbonyl (C=O) groups excluding carboxylic acids is 1. The van der Waals surface area contributed by atoms with Gasteiger partial charge in [-0.15, -0.1) is 24.8 Å². The standard InChI is InChI=1S/C14H20N6O2.2ClH/c1-7(15)10-5-8(20-22-10)12(21)18-9-6-17-13(14(2,3)4)19-11(9)16;;/h5-7H,15H2,1-4H3,(H,18,21)(H2,16,17,19);2*1H/t7-;;/m1../s1. The maximum Gasteiger partial charge on any atom is 0.277 e. The number of hydrogen-bond donors (Lipinski definition) is 3. The molecule has 24 heavy (non-hydrogen) atoms. The maximum absolute atomic E-state index is 12.1. The fourth-order valence-corrected chi connectivity index (χ4v) is 1.65. The summed E-state index contributed by atoms with van der Waals surface area (Å²) < 4.78 is 4.98. The molecule has 0 aliphatic heterocycles. The third-order valence-corrected chi connectivity index (χ3v) is 2.95. The van der Waals surface area contributed by atoms with Crippen molar-refractivity contribution in [1.29, 1.82) is 0 Å². The quantitative estimate of drug-likeness (QED) is 0.748. The molecule has 2 aromatic rings. The van der Waals surface area contributed by atoms with Crippen molar-refractivity contribution in [2.45, 2.75) is 39.2 Å². The van der Waals surface area contributed by atoms with E-state index >= 15 is 0 Å². The molecule has 1 atom stereocenters. The molecule has 8 nitrogen and oxygen atoms in total. The summed E-state index contributed by atoms with van der Waals surface area (Å²) in [6, 6.07) is 1.15. The minimum atomic E-state index is -0.463. The summed E-state index contributed by atoms with van der Waals surface area (Å²) in [7, 11) is 0. The molecule has 0 saturated carbocycles. The van der Waals surface area contributed by atoms with Gasteiger partial charge in [0.2, 0.25) is 0 Å². The van der Waals surface area contributed by atoms with Gasteiger partial charge >= 0.3 is 0 Å². The Hall–Kier alpha value is -1.90. The molecule has 10 heteroatoms. The second kappa shape index (κ2) is 8.27. The van der Waals surface area contributed by atoms with E-state index in [1.807, 2.05) is 20.8 Å². The van der Waals surface area contributed by atoms with Gasteiger partial charge in [0, 0.05) is 11.5 Å². The second-order valence-corrected chi connectivity index (χ2v) is 6.10. The van der Waals surface area contributed by atoms with Gasteiger partial charge in [-0.1, -0.05) is 25.9 Å². The Morgan fingerprint density at radius 3 is 2.42 bits per heavy atom. The van der Waals surface area contributed by atoms with Crippen LogP contribution in [-0.4, -0.2) is 21.0 Å². The SMILES string of the molecule is C[C@@H](N)c1cc(C(=O)Nc2cnc(C(C)(C)C)nc2N)no1.Cl.Cl. The van der Waals surface area contributed by atoms with Gasteiger partial charge in [0.05, 0.1) is 12.2 Å². The number of nitrogens with one attached hydrogen (secondary N) is 1. The summed E-state index contributed by atoms with van der Waals surface area (Å²) in [4.78, 5) is 20.5. The minimum Gasteiger partial charge on any atom is -0.382 e. The number of nitrogen functional groups attached to an aromatic ring is 1. The van der Waals surface area contributed by atoms with E-state index in [9.17, 15) is 4.79 Å². The molecular formula is C14H22Cl2N6O2. The molecule has 0 aromatic carbocycles. The van der Waals surface area contributed by atoms with Crippen molar-refractivity contribution in [3.63, 3.8) is 0 Å². The molecule has 0 radical (unpaired) electrons. The van der Waals surface area contributed by atoms with Crippen LogP contribution in [0.1, 0.15) is 55.8 Å². The number of carbonyl (C=O) groups is 1. The van der Waals surface area contributed by atoms with Crippen molar-refractivity contribution in [1.82, 2.24) is 15.1 Å². The second-order valence-electron chi connectivity index (χ2n) is 6.10. The number of nitrogens with zero attached hydrogens (tertiary/aromatic N) is 3. The van der Waals surface area contributed by atoms with Crippen molar-refractivity contribution in [3.8, 4) is 0 Å². The highest BCUT2D eigenvalue weighted by Gasteiger charge is 2.20. The van der Waals surface area contributed by atoms with Gasteiger partial charge in [0.25, 0.3) is 5.91 Å². The largest absolute Gasteiger partial charge is 0.382 e. The van der Waals surface area contributed by atoms with Crippen LogP contribution in [0.2, 0.25) is 0 Å². The number of nitrogens with two attached hydrogens (primary N) is 2. The van der Waals surface area contributed by atoms with Gasteiger partial charge in [0.15, 0.2) is 17.3 Å². The highest BCUT2D eigenvalue weighted by molar-refractivity contribution is 6.04. The van der Waals surface area contributed by atoms with Gasteiger partial charge in [-0.2, -0.15) is 0 Å². The number of halogens is 2. The molecule has 0 saturated heterocycles. The van der Waals surface area contributed by atoms with Crippen molar-refractivity contribution >= 4 is 42.2 Å². The van der Waals surface area contributed by atoms with Gasteiger partial charge in [-0.3, -0.25) is 4.79 Å². The average molecular weight is 377 g/mol. The number of rotatable bonds is 3. The number of aromatic nitrogens is 3. The fraction of sp³-hybridized carbons (Fsp3) is 0.429. The first-order valence-corrected chi connectivity index (χ1v) is 6.85. The molecule has 0 spiro atoms. The number of amides is 1. The third-order valence-electron chi connectivity index (χ3n) is 2.95. The molecule has 2 aromatic heterocycles. The highest BCUT2D eigenvalue weighted by atomic mass is 35.5. The van der Waals surface area contributed by atoms with E-state index < -0.39 is 5.91 Å². The van der Waals surface area contributed by atoms with E-state index in [1.165, 1.54) is 12.3 Å². The fourth-order valence-electron chi connectivity index (χ4n) is 1.65. The van der Waals surface area contributed by atoms with Crippen molar-refractivity contribution in [3.05, 3.63) is 29.5 Å². The van der Waals surface area contributed by atoms with E-state index in [0.717, 1.165) is 0 Å². The smallest absolute Gasteiger partial charge is 0.277 e. The Balaban J connectivity index is 0.00000264. The van der Waals surface area contributed by atoms with Crippen LogP contribution in [0.4, 0.5) is 11.5 Å². The first-order valence-electron chi connectivity index (χ1n) is 6.85. The number of anilines is 2. The molecule has 2 rings (SSSR count). The lowest BCUT2D eigenvalue weighted by Crippen LogP contribution is -2.19. The molecule has 0 fully saturated rings. The summed E-state index contributed by atoms with van der Waals surface area (Å²) in [5.74, 6) is 0.764. The molecular weight excluding hydrogens is 355 g/mol. The summed E-state index contributed by atoms with van der Waals surface area (Å²) >= 11 is 0. The Labute approximate surface area is 152 Å². The third kappa shape index (κ3) is 5.05. The predicted octanol–water partition coefficient (Wildman–Crippen LogP) is 2.46. The molecule has 0 unspecified atom stereocenters. The van der Waals surface area contributed by atoms with E-state index in [1.54, 1.807) is 6.92 Å². The maximum atomic E-state index is 12.1. The predicted molar refractivity (Wildman–Crippen MR) is 96.7 cm³/mol. The highest BCUT2D eigenvalue weighted by Crippen LogP contribution is 2.22. The van der Waals surface area contributed by atoms with Gasteiger partial charge in [0.1, 0.15) is 11.5 Å². The van der Waals surface area contributed by atoms with Crippen LogP contribution in [0.15, 0.2) is 16.8 Å². The molecule has 0 bridgehead atoms. The van der Waals surface area contributed by atoms with Crippen molar-refractivity contribution in [2.75, 3.05) is 11.1 Å². The lowest BCUT2D eigenvalue weighted by molar-refractivity contribution is 0.101. The van der Waals surface area contributed by atoms with E-state index in [2.05, 4.69) is 20.4 Å². The van der Waals surface area contributed by atoms with E-state index in [-0.39, 0.29) is 47.8 Å². The van der Waals surface area contributed by atoms with Crippen LogP contribution in [0.3, 0.4) is 0 Å². The average Bonchev–Trinajstić information content (AvgIpc) is 2.89. The lowest BCUT2D eigenvalue weighted by Gasteiger charge is -2.17. The van der Waals surface area contributed by atoms with Crippen LogP contribution < -0.4 is 16.8 Å². The first kappa shape index (κ1) is 22.1. The van der Waals surface area contributed by atoms with E-state index in [0.29, 0.717) is 17.3 Å². The summed E-state index contributed by atoms with van der Waals surface area (Å²) in [6.07, 6.45) is 1.48. The zero-order valence-electron chi connectivity index (χ0n) is 13.9. The van der Waals surface area contributed by atoms with Gasteiger partial charge in [-0.25, -0.2) is 9.97 Å². The zero-order valence-corrected chi connectivity index (χ0v) is 15.5. The Kier molecular flexibility index (Phi) is 7.62. The molecule has 0 aliphatic rings. The van der Waals surface area contributed by atoms with Crippen LogP contribution in [-0.2, 0) is 5.41 Å². The Morgan fingerprint density at radius 2 is 1.96 bits per heavy atom. The molecule has 1 amide bonds. The van der Waals surface area contributed by atoms with Gasteiger partial charge in [-0.05, 0) is 6.92 Å². The summed E-state index contributed by atoms with van der Waals surface area (Å²) in [5, 5.41) is 6.28. The molecule has 2 heterocycles. The molecule has 5 N–H and O–H groups in total. The Morgan fingerprint density at radius 1 is 1.33 bits per heavy atom. The monoisotopic (exact) mass is 376 g/mol. The zero-order chi connectivity index (χ0) is 16.5. The van der Waals surface area contributed by atoms with E-state index in [4.69, 9.17) is 16.0 Å². The first-order chi connectivity index (χ1) is 10.2. The topological polar surface area (TPSA) is 133 Å². The normalized spacial score (nSPS) is 11.9. The van der Waals surface area contributed by atoms with Crippen molar-refractivity contribution < 1.29 is 9.32 Å². The van der Waals surface area contributed by atoms with Crippen LogP contribution in [0.25, 0.3) is 0 Å². The van der Waals surface area contributed by atoms with Gasteiger partial charge < -0.3 is 21.3 Å². The van der Waals surface area contributed by atoms with Crippen LogP contribution in [0.5, 0.6) is 0 Å². The lowest BCUT2D eigenvalue weighted by atomic mass is 9.96. The van der Waals surface area contributed by atoms with Crippen LogP contribution in [0, 0.1) is 0 Å². The van der Waals surface area contributed by atoms with Crippen LogP contribution >= 0.6 is 24.8 Å². The van der Waals surface area contributed by atoms with Crippen molar-refractivity contribution in [2.24, 2.45) is 5.73 Å². The summed E-state index contributed by atoms with van der Waals surface area (Å²) in [6.45, 7) is 7.67. The minimum absolute atomic E-state index is 0.